The lowest BCUT2D eigenvalue weighted by Gasteiger charge is -2.29. The minimum Gasteiger partial charge on any atom is -0.379 e. The van der Waals surface area contributed by atoms with Gasteiger partial charge in [0.1, 0.15) is 6.33 Å². The van der Waals surface area contributed by atoms with Crippen LogP contribution in [0, 0.1) is 0 Å². The molecule has 1 aliphatic heterocycles. The second kappa shape index (κ2) is 7.34. The van der Waals surface area contributed by atoms with E-state index < -0.39 is 0 Å². The molecule has 1 aromatic carbocycles. The molecule has 7 nitrogen and oxygen atoms in total. The third-order valence-corrected chi connectivity index (χ3v) is 3.86. The lowest BCUT2D eigenvalue weighted by Crippen LogP contribution is -2.46. The van der Waals surface area contributed by atoms with E-state index in [4.69, 9.17) is 4.74 Å². The van der Waals surface area contributed by atoms with Crippen molar-refractivity contribution >= 4 is 5.91 Å². The first-order valence-corrected chi connectivity index (χ1v) is 7.80. The van der Waals surface area contributed by atoms with Crippen molar-refractivity contribution in [1.29, 1.82) is 0 Å². The van der Waals surface area contributed by atoms with Gasteiger partial charge >= 0.3 is 0 Å². The largest absolute Gasteiger partial charge is 0.379 e. The Morgan fingerprint density at radius 1 is 1.39 bits per heavy atom. The van der Waals surface area contributed by atoms with Crippen LogP contribution in [0.25, 0.3) is 11.4 Å². The van der Waals surface area contributed by atoms with Crippen LogP contribution in [0.3, 0.4) is 0 Å². The lowest BCUT2D eigenvalue weighted by atomic mass is 10.1. The Balaban J connectivity index is 1.66. The van der Waals surface area contributed by atoms with E-state index in [9.17, 15) is 4.79 Å². The van der Waals surface area contributed by atoms with Crippen molar-refractivity contribution in [2.24, 2.45) is 0 Å². The van der Waals surface area contributed by atoms with E-state index in [2.05, 4.69) is 25.4 Å². The molecule has 1 aromatic heterocycles. The summed E-state index contributed by atoms with van der Waals surface area (Å²) < 4.78 is 5.34. The van der Waals surface area contributed by atoms with Gasteiger partial charge in [0, 0.05) is 31.2 Å². The van der Waals surface area contributed by atoms with Gasteiger partial charge in [-0.3, -0.25) is 14.8 Å². The molecule has 2 N–H and O–H groups in total. The number of rotatable bonds is 5. The molecule has 1 atom stereocenters. The molecule has 122 valence electrons. The highest BCUT2D eigenvalue weighted by Gasteiger charge is 2.18. The van der Waals surface area contributed by atoms with E-state index in [1.165, 1.54) is 6.33 Å². The number of carbonyl (C=O) groups excluding carboxylic acids is 1. The standard InChI is InChI=1S/C16H21N5O2/c1-12(10-21-6-8-23-9-7-21)19-16(22)14-5-3-2-4-13(14)15-17-11-18-20-15/h2-5,11-12H,6-10H2,1H3,(H,19,22)(H,17,18,20)/t12-/m0/s1. The fourth-order valence-electron chi connectivity index (χ4n) is 2.74. The molecule has 0 spiro atoms. The SMILES string of the molecule is C[C@@H](CN1CCOCC1)NC(=O)c1ccccc1-c1ncn[nH]1. The van der Waals surface area contributed by atoms with Crippen LogP contribution in [0.15, 0.2) is 30.6 Å². The number of aromatic amines is 1. The Bertz CT molecular complexity index is 638. The quantitative estimate of drug-likeness (QED) is 0.857. The molecule has 1 saturated heterocycles. The average molecular weight is 315 g/mol. The van der Waals surface area contributed by atoms with Crippen molar-refractivity contribution in [3.8, 4) is 11.4 Å². The van der Waals surface area contributed by atoms with E-state index in [1.807, 2.05) is 25.1 Å². The Morgan fingerprint density at radius 3 is 2.91 bits per heavy atom. The van der Waals surface area contributed by atoms with Gasteiger partial charge in [-0.05, 0) is 13.0 Å². The van der Waals surface area contributed by atoms with Gasteiger partial charge in [-0.1, -0.05) is 18.2 Å². The summed E-state index contributed by atoms with van der Waals surface area (Å²) in [7, 11) is 0. The number of carbonyl (C=O) groups is 1. The monoisotopic (exact) mass is 315 g/mol. The summed E-state index contributed by atoms with van der Waals surface area (Å²) in [4.78, 5) is 19.0. The van der Waals surface area contributed by atoms with E-state index in [-0.39, 0.29) is 11.9 Å². The number of nitrogens with one attached hydrogen (secondary N) is 2. The van der Waals surface area contributed by atoms with Crippen LogP contribution >= 0.6 is 0 Å². The van der Waals surface area contributed by atoms with Gasteiger partial charge in [-0.2, -0.15) is 5.10 Å². The van der Waals surface area contributed by atoms with Crippen molar-refractivity contribution in [1.82, 2.24) is 25.4 Å². The lowest BCUT2D eigenvalue weighted by molar-refractivity contribution is 0.0342. The zero-order chi connectivity index (χ0) is 16.1. The first-order chi connectivity index (χ1) is 11.2. The Kier molecular flexibility index (Phi) is 4.99. The van der Waals surface area contributed by atoms with Gasteiger partial charge < -0.3 is 10.1 Å². The number of H-pyrrole nitrogens is 1. The van der Waals surface area contributed by atoms with Crippen LogP contribution < -0.4 is 5.32 Å². The summed E-state index contributed by atoms with van der Waals surface area (Å²) >= 11 is 0. The molecule has 0 aliphatic carbocycles. The van der Waals surface area contributed by atoms with E-state index in [0.29, 0.717) is 11.4 Å². The first kappa shape index (κ1) is 15.6. The highest BCUT2D eigenvalue weighted by molar-refractivity contribution is 6.00. The Hall–Kier alpha value is -2.25. The maximum absolute atomic E-state index is 12.6. The Labute approximate surface area is 135 Å². The smallest absolute Gasteiger partial charge is 0.252 e. The molecule has 23 heavy (non-hydrogen) atoms. The predicted molar refractivity (Wildman–Crippen MR) is 86.0 cm³/mol. The molecule has 0 saturated carbocycles. The fourth-order valence-corrected chi connectivity index (χ4v) is 2.74. The van der Waals surface area contributed by atoms with Crippen LogP contribution in [0.4, 0.5) is 0 Å². The number of benzene rings is 1. The average Bonchev–Trinajstić information content (AvgIpc) is 3.10. The molecule has 2 heterocycles. The number of ether oxygens (including phenoxy) is 1. The summed E-state index contributed by atoms with van der Waals surface area (Å²) in [5.74, 6) is 0.495. The van der Waals surface area contributed by atoms with Crippen molar-refractivity contribution in [3.63, 3.8) is 0 Å². The number of amides is 1. The van der Waals surface area contributed by atoms with Gasteiger partial charge in [0.2, 0.25) is 0 Å². The number of hydrogen-bond donors (Lipinski definition) is 2. The van der Waals surface area contributed by atoms with Gasteiger partial charge in [-0.15, -0.1) is 0 Å². The summed E-state index contributed by atoms with van der Waals surface area (Å²) in [5.41, 5.74) is 1.35. The van der Waals surface area contributed by atoms with Gasteiger partial charge in [-0.25, -0.2) is 4.98 Å². The minimum absolute atomic E-state index is 0.0587. The summed E-state index contributed by atoms with van der Waals surface area (Å²) in [6.45, 7) is 6.18. The molecule has 2 aromatic rings. The number of aromatic nitrogens is 3. The van der Waals surface area contributed by atoms with Crippen LogP contribution in [0.2, 0.25) is 0 Å². The maximum Gasteiger partial charge on any atom is 0.252 e. The van der Waals surface area contributed by atoms with E-state index >= 15 is 0 Å². The molecule has 7 heteroatoms. The predicted octanol–water partition coefficient (Wildman–Crippen LogP) is 0.922. The van der Waals surface area contributed by atoms with Crippen molar-refractivity contribution in [2.75, 3.05) is 32.8 Å². The summed E-state index contributed by atoms with van der Waals surface area (Å²) in [6.07, 6.45) is 1.44. The van der Waals surface area contributed by atoms with Crippen LogP contribution in [0.5, 0.6) is 0 Å². The number of nitrogens with zero attached hydrogens (tertiary/aromatic N) is 3. The van der Waals surface area contributed by atoms with Gasteiger partial charge in [0.15, 0.2) is 5.82 Å². The zero-order valence-corrected chi connectivity index (χ0v) is 13.2. The maximum atomic E-state index is 12.6. The second-order valence-electron chi connectivity index (χ2n) is 5.67. The second-order valence-corrected chi connectivity index (χ2v) is 5.67. The third kappa shape index (κ3) is 3.94. The molecular formula is C16H21N5O2. The first-order valence-electron chi connectivity index (χ1n) is 7.80. The summed E-state index contributed by atoms with van der Waals surface area (Å²) in [6, 6.07) is 7.45. The highest BCUT2D eigenvalue weighted by atomic mass is 16.5. The molecular weight excluding hydrogens is 294 g/mol. The fraction of sp³-hybridized carbons (Fsp3) is 0.438. The molecule has 0 unspecified atom stereocenters. The van der Waals surface area contributed by atoms with Crippen molar-refractivity contribution in [2.45, 2.75) is 13.0 Å². The van der Waals surface area contributed by atoms with E-state index in [1.54, 1.807) is 6.07 Å². The van der Waals surface area contributed by atoms with E-state index in [0.717, 1.165) is 38.4 Å². The molecule has 1 fully saturated rings. The number of morpholine rings is 1. The third-order valence-electron chi connectivity index (χ3n) is 3.86. The minimum atomic E-state index is -0.0993. The molecule has 1 aliphatic rings. The molecule has 0 bridgehead atoms. The zero-order valence-electron chi connectivity index (χ0n) is 13.2. The molecule has 0 radical (unpaired) electrons. The van der Waals surface area contributed by atoms with Crippen molar-refractivity contribution < 1.29 is 9.53 Å². The Morgan fingerprint density at radius 2 is 2.17 bits per heavy atom. The van der Waals surface area contributed by atoms with Crippen LogP contribution in [-0.2, 0) is 4.74 Å². The van der Waals surface area contributed by atoms with Gasteiger partial charge in [0.05, 0.1) is 18.8 Å². The normalized spacial score (nSPS) is 16.9. The molecule has 3 rings (SSSR count). The summed E-state index contributed by atoms with van der Waals surface area (Å²) in [5, 5.41) is 9.72. The van der Waals surface area contributed by atoms with Crippen LogP contribution in [-0.4, -0.2) is 64.9 Å². The van der Waals surface area contributed by atoms with Crippen LogP contribution in [0.1, 0.15) is 17.3 Å². The highest BCUT2D eigenvalue weighted by Crippen LogP contribution is 2.19. The topological polar surface area (TPSA) is 83.1 Å². The van der Waals surface area contributed by atoms with Gasteiger partial charge in [0.25, 0.3) is 5.91 Å². The number of hydrogen-bond acceptors (Lipinski definition) is 5. The molecule has 1 amide bonds. The van der Waals surface area contributed by atoms with Crippen molar-refractivity contribution in [3.05, 3.63) is 36.2 Å².